The van der Waals surface area contributed by atoms with Crippen molar-refractivity contribution in [2.45, 2.75) is 31.8 Å². The average molecular weight is 358 g/mol. The monoisotopic (exact) mass is 358 g/mol. The lowest BCUT2D eigenvalue weighted by Gasteiger charge is -2.44. The molecule has 1 aliphatic heterocycles. The Hall–Kier alpha value is -1.30. The van der Waals surface area contributed by atoms with Gasteiger partial charge >= 0.3 is 0 Å². The van der Waals surface area contributed by atoms with Gasteiger partial charge in [0.25, 0.3) is 0 Å². The van der Waals surface area contributed by atoms with Gasteiger partial charge in [0.05, 0.1) is 12.3 Å². The smallest absolute Gasteiger partial charge is 0.132 e. The third-order valence-electron chi connectivity index (χ3n) is 6.18. The molecule has 1 aromatic carbocycles. The highest BCUT2D eigenvalue weighted by Gasteiger charge is 2.50. The third-order valence-corrected chi connectivity index (χ3v) is 7.12. The van der Waals surface area contributed by atoms with Crippen LogP contribution in [0.15, 0.2) is 29.6 Å². The molecule has 6 rings (SSSR count). The van der Waals surface area contributed by atoms with E-state index in [2.05, 4.69) is 9.88 Å². The molecular formula is C20H23FN2OS. The maximum atomic E-state index is 14.0. The highest BCUT2D eigenvalue weighted by atomic mass is 32.1. The normalized spacial score (nSPS) is 31.9. The van der Waals surface area contributed by atoms with Crippen molar-refractivity contribution in [3.8, 4) is 11.3 Å². The fraction of sp³-hybridized carbons (Fsp3) is 0.550. The number of hydrogen-bond donors (Lipinski definition) is 0. The van der Waals surface area contributed by atoms with Gasteiger partial charge in [0.1, 0.15) is 16.9 Å². The molecular weight excluding hydrogens is 335 g/mol. The van der Waals surface area contributed by atoms with E-state index in [1.807, 2.05) is 11.4 Å². The van der Waals surface area contributed by atoms with E-state index in [0.717, 1.165) is 36.3 Å². The largest absolute Gasteiger partial charge is 0.368 e. The Kier molecular flexibility index (Phi) is 3.91. The van der Waals surface area contributed by atoms with Crippen molar-refractivity contribution in [2.24, 2.45) is 11.3 Å². The van der Waals surface area contributed by atoms with E-state index in [9.17, 15) is 4.39 Å². The van der Waals surface area contributed by atoms with Crippen LogP contribution in [0.25, 0.3) is 11.3 Å². The van der Waals surface area contributed by atoms with Crippen LogP contribution in [0.4, 0.5) is 4.39 Å². The molecule has 0 unspecified atom stereocenters. The van der Waals surface area contributed by atoms with Gasteiger partial charge in [-0.25, -0.2) is 9.37 Å². The standard InChI is InChI=1S/C20H23FN2OS/c21-16-4-2-1-3-15(16)17-12-25-19(22-17)18-11-23(7-8-24-18)13-20-6-5-14(9-20)10-20/h1-4,12,14,18H,5-11,13H2/t14?,18-,20?/m1/s1. The first-order valence-electron chi connectivity index (χ1n) is 9.25. The number of morpholine rings is 1. The molecule has 3 aliphatic carbocycles. The molecule has 0 spiro atoms. The van der Waals surface area contributed by atoms with E-state index in [1.54, 1.807) is 23.5 Å². The molecule has 2 heterocycles. The second kappa shape index (κ2) is 6.15. The van der Waals surface area contributed by atoms with Gasteiger partial charge in [-0.1, -0.05) is 12.1 Å². The summed E-state index contributed by atoms with van der Waals surface area (Å²) in [6.45, 7) is 3.92. The second-order valence-electron chi connectivity index (χ2n) is 7.96. The van der Waals surface area contributed by atoms with Crippen LogP contribution < -0.4 is 0 Å². The van der Waals surface area contributed by atoms with Crippen LogP contribution >= 0.6 is 11.3 Å². The first-order valence-corrected chi connectivity index (χ1v) is 10.1. The Morgan fingerprint density at radius 3 is 3.00 bits per heavy atom. The van der Waals surface area contributed by atoms with E-state index in [0.29, 0.717) is 11.0 Å². The molecule has 132 valence electrons. The van der Waals surface area contributed by atoms with Crippen molar-refractivity contribution < 1.29 is 9.13 Å². The zero-order valence-electron chi connectivity index (χ0n) is 14.3. The summed E-state index contributed by atoms with van der Waals surface area (Å²) in [6.07, 6.45) is 5.74. The van der Waals surface area contributed by atoms with Crippen molar-refractivity contribution in [1.29, 1.82) is 0 Å². The minimum atomic E-state index is -0.217. The molecule has 4 aliphatic rings. The zero-order valence-corrected chi connectivity index (χ0v) is 15.1. The summed E-state index contributed by atoms with van der Waals surface area (Å²) in [7, 11) is 0. The molecule has 3 nitrogen and oxygen atoms in total. The number of fused-ring (bicyclic) bond motifs is 1. The second-order valence-corrected chi connectivity index (χ2v) is 8.85. The number of halogens is 1. The van der Waals surface area contributed by atoms with Gasteiger partial charge in [0.15, 0.2) is 0 Å². The first kappa shape index (κ1) is 15.9. The van der Waals surface area contributed by atoms with E-state index in [4.69, 9.17) is 4.74 Å². The lowest BCUT2D eigenvalue weighted by molar-refractivity contribution is -0.0511. The molecule has 1 atom stereocenters. The summed E-state index contributed by atoms with van der Waals surface area (Å²) >= 11 is 1.58. The maximum absolute atomic E-state index is 14.0. The Morgan fingerprint density at radius 2 is 2.20 bits per heavy atom. The number of ether oxygens (including phenoxy) is 1. The Labute approximate surface area is 151 Å². The molecule has 4 fully saturated rings. The quantitative estimate of drug-likeness (QED) is 0.804. The van der Waals surface area contributed by atoms with Gasteiger partial charge in [-0.2, -0.15) is 0 Å². The SMILES string of the molecule is Fc1ccccc1-c1csc([C@H]2CN(CC34CCC(C3)C4)CCO2)n1. The molecule has 2 bridgehead atoms. The van der Waals surface area contributed by atoms with E-state index in [1.165, 1.54) is 38.3 Å². The highest BCUT2D eigenvalue weighted by molar-refractivity contribution is 7.10. The van der Waals surface area contributed by atoms with Gasteiger partial charge in [-0.05, 0) is 49.1 Å². The van der Waals surface area contributed by atoms with E-state index < -0.39 is 0 Å². The number of nitrogens with zero attached hydrogens (tertiary/aromatic N) is 2. The van der Waals surface area contributed by atoms with Gasteiger partial charge in [-0.3, -0.25) is 4.90 Å². The first-order chi connectivity index (χ1) is 12.2. The van der Waals surface area contributed by atoms with Crippen molar-refractivity contribution in [1.82, 2.24) is 9.88 Å². The van der Waals surface area contributed by atoms with Gasteiger partial charge in [-0.15, -0.1) is 11.3 Å². The molecule has 1 saturated heterocycles. The minimum absolute atomic E-state index is 0.0212. The van der Waals surface area contributed by atoms with Crippen LogP contribution in [0.5, 0.6) is 0 Å². The Bertz CT molecular complexity index is 765. The molecule has 0 amide bonds. The predicted molar refractivity (Wildman–Crippen MR) is 97.0 cm³/mol. The van der Waals surface area contributed by atoms with E-state index >= 15 is 0 Å². The molecule has 5 heteroatoms. The van der Waals surface area contributed by atoms with Crippen LogP contribution in [-0.2, 0) is 4.74 Å². The fourth-order valence-electron chi connectivity index (χ4n) is 4.99. The Morgan fingerprint density at radius 1 is 1.32 bits per heavy atom. The predicted octanol–water partition coefficient (Wildman–Crippen LogP) is 4.51. The van der Waals surface area contributed by atoms with Gasteiger partial charge in [0, 0.05) is 30.6 Å². The van der Waals surface area contributed by atoms with Crippen LogP contribution in [-0.4, -0.2) is 36.1 Å². The molecule has 3 saturated carbocycles. The van der Waals surface area contributed by atoms with Crippen LogP contribution in [0.2, 0.25) is 0 Å². The third kappa shape index (κ3) is 2.92. The maximum Gasteiger partial charge on any atom is 0.132 e. The van der Waals surface area contributed by atoms with Crippen molar-refractivity contribution in [2.75, 3.05) is 26.2 Å². The minimum Gasteiger partial charge on any atom is -0.368 e. The number of rotatable bonds is 4. The van der Waals surface area contributed by atoms with Crippen LogP contribution in [0, 0.1) is 17.2 Å². The zero-order chi connectivity index (χ0) is 16.9. The van der Waals surface area contributed by atoms with E-state index in [-0.39, 0.29) is 11.9 Å². The summed E-state index contributed by atoms with van der Waals surface area (Å²) in [4.78, 5) is 7.25. The van der Waals surface area contributed by atoms with Crippen molar-refractivity contribution >= 4 is 11.3 Å². The lowest BCUT2D eigenvalue weighted by atomic mass is 9.69. The summed E-state index contributed by atoms with van der Waals surface area (Å²) in [5.41, 5.74) is 1.89. The molecule has 1 aromatic heterocycles. The number of aromatic nitrogens is 1. The fourth-order valence-corrected chi connectivity index (χ4v) is 5.85. The van der Waals surface area contributed by atoms with Crippen molar-refractivity contribution in [3.63, 3.8) is 0 Å². The van der Waals surface area contributed by atoms with Gasteiger partial charge in [0.2, 0.25) is 0 Å². The summed E-state index contributed by atoms with van der Waals surface area (Å²) in [6, 6.07) is 6.83. The van der Waals surface area contributed by atoms with Crippen LogP contribution in [0.1, 0.15) is 36.8 Å². The Balaban J connectivity index is 1.29. The summed E-state index contributed by atoms with van der Waals surface area (Å²) in [5.74, 6) is 0.796. The molecule has 2 aromatic rings. The van der Waals surface area contributed by atoms with Gasteiger partial charge < -0.3 is 4.74 Å². The highest BCUT2D eigenvalue weighted by Crippen LogP contribution is 2.59. The number of hydrogen-bond acceptors (Lipinski definition) is 4. The summed E-state index contributed by atoms with van der Waals surface area (Å²) < 4.78 is 20.0. The molecule has 0 radical (unpaired) electrons. The lowest BCUT2D eigenvalue weighted by Crippen LogP contribution is -2.46. The molecule has 0 N–H and O–H groups in total. The average Bonchev–Trinajstić information content (AvgIpc) is 3.31. The molecule has 25 heavy (non-hydrogen) atoms. The number of benzene rings is 1. The topological polar surface area (TPSA) is 25.4 Å². The number of thiazole rings is 1. The summed E-state index contributed by atoms with van der Waals surface area (Å²) in [5, 5.41) is 2.92. The van der Waals surface area contributed by atoms with Crippen molar-refractivity contribution in [3.05, 3.63) is 40.5 Å². The van der Waals surface area contributed by atoms with Crippen LogP contribution in [0.3, 0.4) is 0 Å².